The number of hydrogen-bond donors (Lipinski definition) is 3. The number of rotatable bonds is 13. The molecule has 1 aliphatic rings. The lowest BCUT2D eigenvalue weighted by molar-refractivity contribution is -0.115. The van der Waals surface area contributed by atoms with Crippen LogP contribution in [0.25, 0.3) is 5.69 Å². The number of aromatic hydroxyl groups is 1. The van der Waals surface area contributed by atoms with Crippen molar-refractivity contribution in [1.82, 2.24) is 19.6 Å². The summed E-state index contributed by atoms with van der Waals surface area (Å²) in [5.41, 5.74) is 4.95. The van der Waals surface area contributed by atoms with E-state index in [0.29, 0.717) is 58.9 Å². The van der Waals surface area contributed by atoms with Crippen molar-refractivity contribution < 1.29 is 24.6 Å². The molecule has 3 amide bonds. The zero-order valence-corrected chi connectivity index (χ0v) is 29.9. The molecule has 0 bridgehead atoms. The van der Waals surface area contributed by atoms with Gasteiger partial charge in [-0.3, -0.25) is 14.4 Å². The molecule has 4 aromatic rings. The predicted octanol–water partition coefficient (Wildman–Crippen LogP) is 6.43. The molecule has 5 rings (SSSR count). The first-order valence-corrected chi connectivity index (χ1v) is 17.7. The van der Waals surface area contributed by atoms with Gasteiger partial charge >= 0.3 is 0 Å². The molecule has 11 heteroatoms. The molecule has 1 aliphatic heterocycles. The van der Waals surface area contributed by atoms with Gasteiger partial charge in [0.2, 0.25) is 5.91 Å². The average Bonchev–Trinajstić information content (AvgIpc) is 3.49. The summed E-state index contributed by atoms with van der Waals surface area (Å²) in [4.78, 5) is 44.8. The smallest absolute Gasteiger partial charge is 0.274 e. The van der Waals surface area contributed by atoms with Crippen LogP contribution in [0.4, 0.5) is 5.69 Å². The number of nitrogens with one attached hydrogen (secondary N) is 1. The molecule has 0 spiro atoms. The Morgan fingerprint density at radius 2 is 1.69 bits per heavy atom. The maximum atomic E-state index is 14.5. The minimum absolute atomic E-state index is 0.0513. The van der Waals surface area contributed by atoms with Gasteiger partial charge in [-0.1, -0.05) is 57.0 Å². The number of hydrogen-bond acceptors (Lipinski definition) is 6. The predicted molar refractivity (Wildman–Crippen MR) is 193 cm³/mol. The molecule has 0 fully saturated rings. The van der Waals surface area contributed by atoms with E-state index in [1.54, 1.807) is 46.0 Å². The number of carbonyl (C=O) groups excluding carboxylic acids is 3. The molecule has 258 valence electrons. The van der Waals surface area contributed by atoms with Crippen LogP contribution in [0, 0.1) is 6.92 Å². The monoisotopic (exact) mass is 729 g/mol. The second-order valence-corrected chi connectivity index (χ2v) is 13.4. The number of fused-ring (bicyclic) bond motifs is 1. The highest BCUT2D eigenvalue weighted by Gasteiger charge is 2.32. The summed E-state index contributed by atoms with van der Waals surface area (Å²) in [5, 5.41) is 27.8. The summed E-state index contributed by atoms with van der Waals surface area (Å²) in [6.45, 7) is 7.45. The first-order valence-electron chi connectivity index (χ1n) is 16.9. The minimum Gasteiger partial charge on any atom is -0.507 e. The number of benzene rings is 3. The zero-order valence-electron chi connectivity index (χ0n) is 28.3. The first kappa shape index (κ1) is 35.8. The molecule has 0 unspecified atom stereocenters. The van der Waals surface area contributed by atoms with Gasteiger partial charge < -0.3 is 25.3 Å². The van der Waals surface area contributed by atoms with Crippen LogP contribution in [-0.4, -0.2) is 73.3 Å². The molecule has 1 aromatic heterocycles. The highest BCUT2D eigenvalue weighted by atomic mass is 79.9. The van der Waals surface area contributed by atoms with Gasteiger partial charge in [-0.15, -0.1) is 0 Å². The fourth-order valence-corrected chi connectivity index (χ4v) is 6.59. The summed E-state index contributed by atoms with van der Waals surface area (Å²) >= 11 is 3.29. The largest absolute Gasteiger partial charge is 0.507 e. The number of aromatic nitrogens is 2. The van der Waals surface area contributed by atoms with E-state index >= 15 is 0 Å². The average molecular weight is 731 g/mol. The third-order valence-corrected chi connectivity index (χ3v) is 9.53. The summed E-state index contributed by atoms with van der Waals surface area (Å²) in [6.07, 6.45) is 4.30. The second kappa shape index (κ2) is 16.3. The highest BCUT2D eigenvalue weighted by molar-refractivity contribution is 9.10. The van der Waals surface area contributed by atoms with E-state index in [1.807, 2.05) is 36.1 Å². The Morgan fingerprint density at radius 3 is 2.37 bits per heavy atom. The maximum absolute atomic E-state index is 14.5. The lowest BCUT2D eigenvalue weighted by Gasteiger charge is -2.36. The molecule has 0 aliphatic carbocycles. The second-order valence-electron chi connectivity index (χ2n) is 12.6. The summed E-state index contributed by atoms with van der Waals surface area (Å²) in [6, 6.07) is 19.2. The molecule has 3 N–H and O–H groups in total. The highest BCUT2D eigenvalue weighted by Crippen LogP contribution is 2.29. The number of aliphatic hydroxyl groups is 1. The van der Waals surface area contributed by atoms with Crippen LogP contribution in [0.1, 0.15) is 82.8 Å². The topological polar surface area (TPSA) is 128 Å². The Balaban J connectivity index is 1.51. The Kier molecular flexibility index (Phi) is 11.9. The number of carbonyl (C=O) groups is 3. The Morgan fingerprint density at radius 1 is 0.980 bits per heavy atom. The summed E-state index contributed by atoms with van der Waals surface area (Å²) < 4.78 is 2.10. The number of aliphatic hydroxyl groups excluding tert-OH is 1. The molecule has 1 atom stereocenters. The van der Waals surface area contributed by atoms with Crippen LogP contribution < -0.4 is 5.32 Å². The molecule has 0 radical (unpaired) electrons. The summed E-state index contributed by atoms with van der Waals surface area (Å²) in [5.74, 6) is -0.684. The molecule has 10 nitrogen and oxygen atoms in total. The SMILES string of the molecule is CCCCN(CCCC)C(=O)c1cc(C)n(-c2ccc(NC(=O)Cc3ccc(O)c(Br)c3)cc2C(=O)N2Cc3ccccc3C[C@H]2CO)n1. The molecule has 3 aromatic carbocycles. The quantitative estimate of drug-likeness (QED) is 0.146. The van der Waals surface area contributed by atoms with Crippen molar-refractivity contribution in [2.75, 3.05) is 25.0 Å². The lowest BCUT2D eigenvalue weighted by Crippen LogP contribution is -2.46. The third-order valence-electron chi connectivity index (χ3n) is 8.90. The van der Waals surface area contributed by atoms with Crippen LogP contribution in [0.3, 0.4) is 0 Å². The van der Waals surface area contributed by atoms with Crippen LogP contribution in [0.2, 0.25) is 0 Å². The fourth-order valence-electron chi connectivity index (χ4n) is 6.16. The summed E-state index contributed by atoms with van der Waals surface area (Å²) in [7, 11) is 0. The Hall–Kier alpha value is -4.48. The molecule has 2 heterocycles. The lowest BCUT2D eigenvalue weighted by atomic mass is 9.93. The molecule has 49 heavy (non-hydrogen) atoms. The Labute approximate surface area is 295 Å². The first-order chi connectivity index (χ1) is 23.6. The van der Waals surface area contributed by atoms with E-state index in [0.717, 1.165) is 36.8 Å². The van der Waals surface area contributed by atoms with E-state index in [2.05, 4.69) is 35.1 Å². The number of halogens is 1. The van der Waals surface area contributed by atoms with Crippen molar-refractivity contribution in [3.05, 3.63) is 105 Å². The van der Waals surface area contributed by atoms with E-state index in [4.69, 9.17) is 5.10 Å². The number of phenols is 1. The number of unbranched alkanes of at least 4 members (excludes halogenated alkanes) is 2. The number of aryl methyl sites for hydroxylation is 1. The van der Waals surface area contributed by atoms with Gasteiger partial charge in [0.1, 0.15) is 5.75 Å². The van der Waals surface area contributed by atoms with Crippen LogP contribution in [0.15, 0.2) is 71.2 Å². The Bertz CT molecular complexity index is 1810. The van der Waals surface area contributed by atoms with Crippen LogP contribution in [0.5, 0.6) is 5.75 Å². The van der Waals surface area contributed by atoms with Gasteiger partial charge in [0.25, 0.3) is 11.8 Å². The van der Waals surface area contributed by atoms with Gasteiger partial charge in [0.15, 0.2) is 5.69 Å². The van der Waals surface area contributed by atoms with Gasteiger partial charge in [0.05, 0.1) is 34.8 Å². The van der Waals surface area contributed by atoms with Gasteiger partial charge in [-0.25, -0.2) is 4.68 Å². The number of amides is 3. The number of nitrogens with zero attached hydrogens (tertiary/aromatic N) is 4. The van der Waals surface area contributed by atoms with E-state index in [-0.39, 0.29) is 42.1 Å². The van der Waals surface area contributed by atoms with Crippen molar-refractivity contribution in [3.63, 3.8) is 0 Å². The molecular formula is C38H44BrN5O5. The number of anilines is 1. The third kappa shape index (κ3) is 8.40. The van der Waals surface area contributed by atoms with Crippen molar-refractivity contribution in [2.24, 2.45) is 0 Å². The van der Waals surface area contributed by atoms with E-state index in [1.165, 1.54) is 6.07 Å². The zero-order chi connectivity index (χ0) is 35.1. The van der Waals surface area contributed by atoms with Crippen molar-refractivity contribution >= 4 is 39.3 Å². The molecule has 0 saturated heterocycles. The number of phenolic OH excluding ortho intramolecular Hbond substituents is 1. The molecular weight excluding hydrogens is 686 g/mol. The van der Waals surface area contributed by atoms with Crippen LogP contribution >= 0.6 is 15.9 Å². The fraction of sp³-hybridized carbons (Fsp3) is 0.368. The standard InChI is InChI=1S/C38H44BrN5O5/c1-4-6-16-42(17-7-5-2)38(49)33-18-25(3)44(41-33)34-14-13-29(40-36(47)20-26-12-15-35(46)32(39)19-26)22-31(34)37(48)43-23-28-11-9-8-10-27(28)21-30(43)24-45/h8-15,18-19,22,30,45-46H,4-7,16-17,20-21,23-24H2,1-3H3,(H,40,47)/t30-/m0/s1. The molecule has 0 saturated carbocycles. The van der Waals surface area contributed by atoms with E-state index < -0.39 is 6.04 Å². The maximum Gasteiger partial charge on any atom is 0.274 e. The van der Waals surface area contributed by atoms with Crippen LogP contribution in [-0.2, 0) is 24.2 Å². The van der Waals surface area contributed by atoms with Crippen molar-refractivity contribution in [1.29, 1.82) is 0 Å². The van der Waals surface area contributed by atoms with Gasteiger partial charge in [0, 0.05) is 31.0 Å². The van der Waals surface area contributed by atoms with Gasteiger partial charge in [-0.05, 0) is 95.2 Å². The minimum atomic E-state index is -0.442. The van der Waals surface area contributed by atoms with Crippen molar-refractivity contribution in [3.8, 4) is 11.4 Å². The van der Waals surface area contributed by atoms with Crippen molar-refractivity contribution in [2.45, 2.75) is 71.9 Å². The van der Waals surface area contributed by atoms with Gasteiger partial charge in [-0.2, -0.15) is 5.10 Å². The normalized spacial score (nSPS) is 14.0. The van der Waals surface area contributed by atoms with E-state index in [9.17, 15) is 24.6 Å².